The predicted molar refractivity (Wildman–Crippen MR) is 76.7 cm³/mol. The molecule has 20 heavy (non-hydrogen) atoms. The summed E-state index contributed by atoms with van der Waals surface area (Å²) in [6.07, 6.45) is 3.44. The minimum atomic E-state index is -1.11. The van der Waals surface area contributed by atoms with Crippen molar-refractivity contribution >= 4 is 33.8 Å². The molecule has 0 saturated carbocycles. The number of carboxylic acid groups (broad SMARTS) is 1. The highest BCUT2D eigenvalue weighted by Gasteiger charge is 2.08. The van der Waals surface area contributed by atoms with Crippen molar-refractivity contribution in [2.75, 3.05) is 0 Å². The van der Waals surface area contributed by atoms with Crippen molar-refractivity contribution in [3.63, 3.8) is 0 Å². The van der Waals surface area contributed by atoms with Gasteiger partial charge in [-0.1, -0.05) is 30.3 Å². The highest BCUT2D eigenvalue weighted by Crippen LogP contribution is 2.23. The number of aliphatic carboxylic acids is 1. The van der Waals surface area contributed by atoms with Gasteiger partial charge >= 0.3 is 5.97 Å². The molecule has 0 saturated heterocycles. The molecule has 0 amide bonds. The van der Waals surface area contributed by atoms with Crippen LogP contribution in [0.15, 0.2) is 57.9 Å². The monoisotopic (exact) mass is 266 g/mol. The summed E-state index contributed by atoms with van der Waals surface area (Å²) in [6.45, 7) is 0. The van der Waals surface area contributed by atoms with Gasteiger partial charge in [0.15, 0.2) is 5.43 Å². The lowest BCUT2D eigenvalue weighted by molar-refractivity contribution is -0.131. The summed E-state index contributed by atoms with van der Waals surface area (Å²) in [5, 5.41) is 10.9. The van der Waals surface area contributed by atoms with Crippen LogP contribution in [-0.4, -0.2) is 11.1 Å². The molecular formula is C16H10O4. The normalized spacial score (nSPS) is 11.4. The summed E-state index contributed by atoms with van der Waals surface area (Å²) < 4.78 is 5.53. The van der Waals surface area contributed by atoms with E-state index in [2.05, 4.69) is 0 Å². The summed E-state index contributed by atoms with van der Waals surface area (Å²) in [4.78, 5) is 22.8. The maximum Gasteiger partial charge on any atom is 0.328 e. The van der Waals surface area contributed by atoms with Gasteiger partial charge < -0.3 is 9.52 Å². The van der Waals surface area contributed by atoms with Crippen molar-refractivity contribution in [3.05, 3.63) is 64.5 Å². The lowest BCUT2D eigenvalue weighted by atomic mass is 10.1. The SMILES string of the molecule is O=C(O)/C=C/c1coc2c(ccc3ccccc32)c1=O. The summed E-state index contributed by atoms with van der Waals surface area (Å²) >= 11 is 0. The molecule has 0 radical (unpaired) electrons. The van der Waals surface area contributed by atoms with Gasteiger partial charge in [-0.25, -0.2) is 4.79 Å². The van der Waals surface area contributed by atoms with Gasteiger partial charge in [0.1, 0.15) is 11.8 Å². The number of hydrogen-bond acceptors (Lipinski definition) is 3. The topological polar surface area (TPSA) is 67.5 Å². The largest absolute Gasteiger partial charge is 0.478 e. The molecule has 0 aliphatic carbocycles. The van der Waals surface area contributed by atoms with E-state index >= 15 is 0 Å². The van der Waals surface area contributed by atoms with Crippen molar-refractivity contribution in [2.24, 2.45) is 0 Å². The fourth-order valence-corrected chi connectivity index (χ4v) is 2.16. The molecule has 0 unspecified atom stereocenters. The molecule has 2 aromatic carbocycles. The molecule has 0 bridgehead atoms. The molecule has 3 rings (SSSR count). The van der Waals surface area contributed by atoms with Crippen molar-refractivity contribution in [1.29, 1.82) is 0 Å². The second-order valence-corrected chi connectivity index (χ2v) is 4.36. The summed E-state index contributed by atoms with van der Waals surface area (Å²) in [5.74, 6) is -1.11. The zero-order chi connectivity index (χ0) is 14.1. The van der Waals surface area contributed by atoms with E-state index in [-0.39, 0.29) is 11.0 Å². The Morgan fingerprint density at radius 3 is 2.70 bits per heavy atom. The van der Waals surface area contributed by atoms with Crippen LogP contribution in [-0.2, 0) is 4.79 Å². The Kier molecular flexibility index (Phi) is 2.84. The van der Waals surface area contributed by atoms with Crippen molar-refractivity contribution in [2.45, 2.75) is 0 Å². The first-order chi connectivity index (χ1) is 9.66. The second kappa shape index (κ2) is 4.66. The molecule has 0 aliphatic rings. The molecule has 0 spiro atoms. The first-order valence-corrected chi connectivity index (χ1v) is 6.01. The van der Waals surface area contributed by atoms with Crippen LogP contribution < -0.4 is 5.43 Å². The number of carboxylic acids is 1. The van der Waals surface area contributed by atoms with Gasteiger partial charge in [0, 0.05) is 11.5 Å². The molecule has 1 heterocycles. The van der Waals surface area contributed by atoms with Crippen LogP contribution in [0.1, 0.15) is 5.56 Å². The van der Waals surface area contributed by atoms with E-state index in [0.29, 0.717) is 11.0 Å². The molecule has 0 aliphatic heterocycles. The zero-order valence-corrected chi connectivity index (χ0v) is 10.4. The minimum Gasteiger partial charge on any atom is -0.478 e. The van der Waals surface area contributed by atoms with Gasteiger partial charge in [0.2, 0.25) is 0 Å². The lowest BCUT2D eigenvalue weighted by Gasteiger charge is -2.02. The average molecular weight is 266 g/mol. The Morgan fingerprint density at radius 2 is 1.90 bits per heavy atom. The fraction of sp³-hybridized carbons (Fsp3) is 0. The third-order valence-corrected chi connectivity index (χ3v) is 3.10. The average Bonchev–Trinajstić information content (AvgIpc) is 2.46. The third-order valence-electron chi connectivity index (χ3n) is 3.10. The molecule has 1 aromatic heterocycles. The van der Waals surface area contributed by atoms with Gasteiger partial charge in [-0.05, 0) is 17.5 Å². The summed E-state index contributed by atoms with van der Waals surface area (Å²) in [6, 6.07) is 11.2. The van der Waals surface area contributed by atoms with E-state index in [4.69, 9.17) is 9.52 Å². The number of hydrogen-bond donors (Lipinski definition) is 1. The fourth-order valence-electron chi connectivity index (χ4n) is 2.16. The second-order valence-electron chi connectivity index (χ2n) is 4.36. The van der Waals surface area contributed by atoms with E-state index in [0.717, 1.165) is 16.8 Å². The van der Waals surface area contributed by atoms with E-state index in [9.17, 15) is 9.59 Å². The standard InChI is InChI=1S/C16H10O4/c17-14(18)8-6-11-9-20-16-12-4-2-1-3-10(12)5-7-13(16)15(11)19/h1-9H,(H,17,18)/b8-6+. The first kappa shape index (κ1) is 12.2. The van der Waals surface area contributed by atoms with Crippen LogP contribution in [0.2, 0.25) is 0 Å². The number of rotatable bonds is 2. The quantitative estimate of drug-likeness (QED) is 0.571. The maximum absolute atomic E-state index is 12.3. The highest BCUT2D eigenvalue weighted by atomic mass is 16.4. The predicted octanol–water partition coefficient (Wildman–Crippen LogP) is 3.04. The summed E-state index contributed by atoms with van der Waals surface area (Å²) in [7, 11) is 0. The Balaban J connectivity index is 2.32. The van der Waals surface area contributed by atoms with Crippen LogP contribution in [0.25, 0.3) is 27.8 Å². The zero-order valence-electron chi connectivity index (χ0n) is 10.4. The van der Waals surface area contributed by atoms with E-state index in [1.54, 1.807) is 6.07 Å². The van der Waals surface area contributed by atoms with E-state index < -0.39 is 5.97 Å². The molecular weight excluding hydrogens is 256 g/mol. The van der Waals surface area contributed by atoms with Crippen LogP contribution in [0.4, 0.5) is 0 Å². The first-order valence-electron chi connectivity index (χ1n) is 6.01. The van der Waals surface area contributed by atoms with Crippen molar-refractivity contribution in [3.8, 4) is 0 Å². The molecule has 1 N–H and O–H groups in total. The Labute approximate surface area is 113 Å². The van der Waals surface area contributed by atoms with Gasteiger partial charge in [-0.3, -0.25) is 4.79 Å². The molecule has 3 aromatic rings. The smallest absolute Gasteiger partial charge is 0.328 e. The Morgan fingerprint density at radius 1 is 1.10 bits per heavy atom. The van der Waals surface area contributed by atoms with Gasteiger partial charge in [-0.2, -0.15) is 0 Å². The molecule has 0 atom stereocenters. The molecule has 0 fully saturated rings. The number of benzene rings is 2. The van der Waals surface area contributed by atoms with E-state index in [1.807, 2.05) is 30.3 Å². The molecule has 4 nitrogen and oxygen atoms in total. The van der Waals surface area contributed by atoms with Gasteiger partial charge in [-0.15, -0.1) is 0 Å². The van der Waals surface area contributed by atoms with Crippen LogP contribution in [0.3, 0.4) is 0 Å². The van der Waals surface area contributed by atoms with Gasteiger partial charge in [0.05, 0.1) is 10.9 Å². The third kappa shape index (κ3) is 1.97. The minimum absolute atomic E-state index is 0.218. The van der Waals surface area contributed by atoms with E-state index in [1.165, 1.54) is 12.3 Å². The lowest BCUT2D eigenvalue weighted by Crippen LogP contribution is -2.05. The number of carbonyl (C=O) groups is 1. The molecule has 98 valence electrons. The van der Waals surface area contributed by atoms with Crippen LogP contribution >= 0.6 is 0 Å². The Hall–Kier alpha value is -2.88. The van der Waals surface area contributed by atoms with Gasteiger partial charge in [0.25, 0.3) is 0 Å². The maximum atomic E-state index is 12.3. The Bertz CT molecular complexity index is 903. The highest BCUT2D eigenvalue weighted by molar-refractivity contribution is 6.04. The van der Waals surface area contributed by atoms with Crippen molar-refractivity contribution < 1.29 is 14.3 Å². The van der Waals surface area contributed by atoms with Crippen LogP contribution in [0, 0.1) is 0 Å². The van der Waals surface area contributed by atoms with Crippen molar-refractivity contribution in [1.82, 2.24) is 0 Å². The molecule has 4 heteroatoms. The number of fused-ring (bicyclic) bond motifs is 3. The summed E-state index contributed by atoms with van der Waals surface area (Å²) in [5.41, 5.74) is 0.491. The van der Waals surface area contributed by atoms with Crippen LogP contribution in [0.5, 0.6) is 0 Å².